The lowest BCUT2D eigenvalue weighted by atomic mass is 9.95. The van der Waals surface area contributed by atoms with E-state index >= 15 is 0 Å². The molecule has 1 fully saturated rings. The molecule has 2 aliphatic rings. The first kappa shape index (κ1) is 11.4. The molecule has 0 saturated heterocycles. The molecule has 2 heteroatoms. The van der Waals surface area contributed by atoms with Gasteiger partial charge in [0.1, 0.15) is 5.60 Å². The van der Waals surface area contributed by atoms with Crippen LogP contribution in [-0.2, 0) is 9.53 Å². The molecule has 0 aromatic rings. The normalized spacial score (nSPS) is 32.6. The SMILES string of the molecule is CC(C)(C)OC(=O)[C@H]1C[C@H]2C=CC=C[C@@H]1C2. The first-order valence-corrected chi connectivity index (χ1v) is 6.03. The quantitative estimate of drug-likeness (QED) is 0.635. The Kier molecular flexibility index (Phi) is 2.92. The summed E-state index contributed by atoms with van der Waals surface area (Å²) in [6.07, 6.45) is 10.5. The predicted octanol–water partition coefficient (Wildman–Crippen LogP) is 3.10. The van der Waals surface area contributed by atoms with Crippen molar-refractivity contribution in [2.24, 2.45) is 17.8 Å². The van der Waals surface area contributed by atoms with E-state index in [0.29, 0.717) is 11.8 Å². The van der Waals surface area contributed by atoms with Crippen molar-refractivity contribution in [3.8, 4) is 0 Å². The molecule has 88 valence electrons. The van der Waals surface area contributed by atoms with Crippen molar-refractivity contribution in [1.82, 2.24) is 0 Å². The molecule has 2 aliphatic carbocycles. The number of hydrogen-bond acceptors (Lipinski definition) is 2. The maximum absolute atomic E-state index is 12.0. The lowest BCUT2D eigenvalue weighted by Crippen LogP contribution is -2.30. The van der Waals surface area contributed by atoms with E-state index < -0.39 is 0 Å². The van der Waals surface area contributed by atoms with Gasteiger partial charge in [0.15, 0.2) is 0 Å². The number of hydrogen-bond donors (Lipinski definition) is 0. The van der Waals surface area contributed by atoms with Gasteiger partial charge in [-0.15, -0.1) is 0 Å². The molecule has 0 spiro atoms. The largest absolute Gasteiger partial charge is 0.460 e. The molecule has 0 aromatic carbocycles. The van der Waals surface area contributed by atoms with Gasteiger partial charge in [-0.05, 0) is 45.4 Å². The van der Waals surface area contributed by atoms with Crippen molar-refractivity contribution in [3.05, 3.63) is 24.3 Å². The maximum atomic E-state index is 12.0. The third kappa shape index (κ3) is 2.55. The van der Waals surface area contributed by atoms with Crippen molar-refractivity contribution >= 4 is 5.97 Å². The Balaban J connectivity index is 2.04. The van der Waals surface area contributed by atoms with Crippen LogP contribution in [0.1, 0.15) is 33.6 Å². The van der Waals surface area contributed by atoms with Crippen LogP contribution in [0.25, 0.3) is 0 Å². The summed E-state index contributed by atoms with van der Waals surface area (Å²) in [5, 5.41) is 0. The van der Waals surface area contributed by atoms with E-state index in [1.165, 1.54) is 0 Å². The monoisotopic (exact) mass is 220 g/mol. The molecule has 16 heavy (non-hydrogen) atoms. The minimum Gasteiger partial charge on any atom is -0.460 e. The van der Waals surface area contributed by atoms with E-state index in [-0.39, 0.29) is 17.5 Å². The topological polar surface area (TPSA) is 26.3 Å². The van der Waals surface area contributed by atoms with Gasteiger partial charge in [0, 0.05) is 0 Å². The van der Waals surface area contributed by atoms with Gasteiger partial charge in [-0.25, -0.2) is 0 Å². The highest BCUT2D eigenvalue weighted by molar-refractivity contribution is 5.74. The highest BCUT2D eigenvalue weighted by atomic mass is 16.6. The number of esters is 1. The minimum atomic E-state index is -0.372. The standard InChI is InChI=1S/C14H20O2/c1-14(2,3)16-13(15)12-9-10-6-4-5-7-11(12)8-10/h4-7,10-12H,8-9H2,1-3H3/t10-,11+,12-/m0/s1. The Labute approximate surface area is 97.4 Å². The van der Waals surface area contributed by atoms with Crippen LogP contribution in [0.3, 0.4) is 0 Å². The predicted molar refractivity (Wildman–Crippen MR) is 63.8 cm³/mol. The van der Waals surface area contributed by atoms with Crippen molar-refractivity contribution in [2.45, 2.75) is 39.2 Å². The van der Waals surface area contributed by atoms with E-state index in [1.807, 2.05) is 20.8 Å². The van der Waals surface area contributed by atoms with E-state index in [0.717, 1.165) is 12.8 Å². The Bertz CT molecular complexity index is 333. The fraction of sp³-hybridized carbons (Fsp3) is 0.643. The zero-order chi connectivity index (χ0) is 11.8. The summed E-state index contributed by atoms with van der Waals surface area (Å²) in [7, 11) is 0. The zero-order valence-electron chi connectivity index (χ0n) is 10.3. The van der Waals surface area contributed by atoms with Crippen LogP contribution < -0.4 is 0 Å². The summed E-state index contributed by atoms with van der Waals surface area (Å²) in [5.74, 6) is 0.956. The summed E-state index contributed by atoms with van der Waals surface area (Å²) < 4.78 is 5.47. The van der Waals surface area contributed by atoms with Gasteiger partial charge in [0.25, 0.3) is 0 Å². The molecule has 1 saturated carbocycles. The Morgan fingerprint density at radius 2 is 1.88 bits per heavy atom. The van der Waals surface area contributed by atoms with Crippen LogP contribution in [0, 0.1) is 17.8 Å². The molecule has 2 nitrogen and oxygen atoms in total. The molecular weight excluding hydrogens is 200 g/mol. The lowest BCUT2D eigenvalue weighted by molar-refractivity contribution is -0.160. The van der Waals surface area contributed by atoms with E-state index in [1.54, 1.807) is 0 Å². The number of allylic oxidation sites excluding steroid dienone is 4. The first-order chi connectivity index (χ1) is 7.46. The molecule has 0 unspecified atom stereocenters. The van der Waals surface area contributed by atoms with Gasteiger partial charge in [-0.1, -0.05) is 24.3 Å². The second-order valence-corrected chi connectivity index (χ2v) is 5.81. The highest BCUT2D eigenvalue weighted by Gasteiger charge is 2.39. The maximum Gasteiger partial charge on any atom is 0.310 e. The highest BCUT2D eigenvalue weighted by Crippen LogP contribution is 2.40. The third-order valence-corrected chi connectivity index (χ3v) is 3.21. The second kappa shape index (κ2) is 4.08. The van der Waals surface area contributed by atoms with Gasteiger partial charge in [-0.2, -0.15) is 0 Å². The number of carbonyl (C=O) groups is 1. The van der Waals surface area contributed by atoms with Gasteiger partial charge in [-0.3, -0.25) is 4.79 Å². The molecule has 0 radical (unpaired) electrons. The lowest BCUT2D eigenvalue weighted by Gasteiger charge is -2.24. The number of fused-ring (bicyclic) bond motifs is 2. The van der Waals surface area contributed by atoms with Crippen LogP contribution in [-0.4, -0.2) is 11.6 Å². The fourth-order valence-electron chi connectivity index (χ4n) is 2.56. The van der Waals surface area contributed by atoms with Gasteiger partial charge >= 0.3 is 5.97 Å². The van der Waals surface area contributed by atoms with Gasteiger partial charge in [0.05, 0.1) is 5.92 Å². The third-order valence-electron chi connectivity index (χ3n) is 3.21. The Hall–Kier alpha value is -1.05. The van der Waals surface area contributed by atoms with Crippen LogP contribution in [0.5, 0.6) is 0 Å². The molecule has 3 atom stereocenters. The van der Waals surface area contributed by atoms with Crippen molar-refractivity contribution in [3.63, 3.8) is 0 Å². The van der Waals surface area contributed by atoms with Gasteiger partial charge < -0.3 is 4.74 Å². The summed E-state index contributed by atoms with van der Waals surface area (Å²) in [6, 6.07) is 0. The van der Waals surface area contributed by atoms with Crippen LogP contribution >= 0.6 is 0 Å². The smallest absolute Gasteiger partial charge is 0.310 e. The average Bonchev–Trinajstić information content (AvgIpc) is 2.35. The molecule has 0 heterocycles. The molecule has 0 aromatic heterocycles. The van der Waals surface area contributed by atoms with Crippen molar-refractivity contribution < 1.29 is 9.53 Å². The van der Waals surface area contributed by atoms with Crippen molar-refractivity contribution in [2.75, 3.05) is 0 Å². The molecule has 0 amide bonds. The number of ether oxygens (including phenoxy) is 1. The molecule has 0 N–H and O–H groups in total. The van der Waals surface area contributed by atoms with Crippen molar-refractivity contribution in [1.29, 1.82) is 0 Å². The zero-order valence-corrected chi connectivity index (χ0v) is 10.3. The number of carbonyl (C=O) groups excluding carboxylic acids is 1. The molecule has 0 aliphatic heterocycles. The molecule has 2 bridgehead atoms. The summed E-state index contributed by atoms with van der Waals surface area (Å²) >= 11 is 0. The second-order valence-electron chi connectivity index (χ2n) is 5.81. The van der Waals surface area contributed by atoms with E-state index in [9.17, 15) is 4.79 Å². The van der Waals surface area contributed by atoms with Crippen LogP contribution in [0.15, 0.2) is 24.3 Å². The summed E-state index contributed by atoms with van der Waals surface area (Å²) in [6.45, 7) is 5.77. The van der Waals surface area contributed by atoms with Gasteiger partial charge in [0.2, 0.25) is 0 Å². The van der Waals surface area contributed by atoms with E-state index in [4.69, 9.17) is 4.74 Å². The van der Waals surface area contributed by atoms with E-state index in [2.05, 4.69) is 24.3 Å². The summed E-state index contributed by atoms with van der Waals surface area (Å²) in [4.78, 5) is 12.0. The summed E-state index contributed by atoms with van der Waals surface area (Å²) in [5.41, 5.74) is -0.372. The molecule has 2 rings (SSSR count). The Morgan fingerprint density at radius 3 is 2.56 bits per heavy atom. The van der Waals surface area contributed by atoms with Crippen LogP contribution in [0.2, 0.25) is 0 Å². The van der Waals surface area contributed by atoms with Crippen LogP contribution in [0.4, 0.5) is 0 Å². The number of rotatable bonds is 1. The average molecular weight is 220 g/mol. The Morgan fingerprint density at radius 1 is 1.19 bits per heavy atom. The minimum absolute atomic E-state index is 0.0278. The fourth-order valence-corrected chi connectivity index (χ4v) is 2.56. The molecular formula is C14H20O2. The first-order valence-electron chi connectivity index (χ1n) is 6.03.